The topological polar surface area (TPSA) is 66.0 Å². The summed E-state index contributed by atoms with van der Waals surface area (Å²) in [6.07, 6.45) is 0.359. The molecule has 1 aliphatic rings. The van der Waals surface area contributed by atoms with E-state index >= 15 is 0 Å². The second kappa shape index (κ2) is 6.34. The summed E-state index contributed by atoms with van der Waals surface area (Å²) in [6.45, 7) is 1.87. The minimum atomic E-state index is -1.17. The molecule has 0 unspecified atom stereocenters. The first-order chi connectivity index (χ1) is 12.1. The minimum Gasteiger partial charge on any atom is -0.497 e. The van der Waals surface area contributed by atoms with Crippen molar-refractivity contribution in [2.24, 2.45) is 5.41 Å². The van der Waals surface area contributed by atoms with Gasteiger partial charge in [-0.15, -0.1) is 0 Å². The van der Waals surface area contributed by atoms with Crippen LogP contribution in [0.25, 0.3) is 5.57 Å². The van der Waals surface area contributed by atoms with Crippen molar-refractivity contribution in [2.75, 3.05) is 14.2 Å². The van der Waals surface area contributed by atoms with E-state index in [-0.39, 0.29) is 0 Å². The van der Waals surface area contributed by atoms with Gasteiger partial charge in [0.15, 0.2) is 5.41 Å². The third-order valence-electron chi connectivity index (χ3n) is 4.81. The number of nitriles is 2. The number of hydrogen-bond donors (Lipinski definition) is 0. The molecule has 0 aromatic heterocycles. The molecule has 3 rings (SSSR count). The maximum atomic E-state index is 9.75. The number of ether oxygens (including phenoxy) is 2. The molecule has 0 amide bonds. The van der Waals surface area contributed by atoms with Gasteiger partial charge in [0, 0.05) is 6.42 Å². The summed E-state index contributed by atoms with van der Waals surface area (Å²) in [7, 11) is 3.23. The molecule has 4 heteroatoms. The molecule has 0 atom stereocenters. The Morgan fingerprint density at radius 2 is 1.52 bits per heavy atom. The van der Waals surface area contributed by atoms with Gasteiger partial charge in [-0.05, 0) is 59.0 Å². The van der Waals surface area contributed by atoms with E-state index in [1.54, 1.807) is 14.2 Å². The average Bonchev–Trinajstić information content (AvgIpc) is 2.67. The molecule has 0 fully saturated rings. The number of benzene rings is 2. The second-order valence-electron chi connectivity index (χ2n) is 6.06. The molecule has 0 bridgehead atoms. The first kappa shape index (κ1) is 16.6. The summed E-state index contributed by atoms with van der Waals surface area (Å²) in [6, 6.07) is 18.0. The summed E-state index contributed by atoms with van der Waals surface area (Å²) < 4.78 is 10.5. The number of allylic oxidation sites excluding steroid dienone is 1. The normalized spacial score (nSPS) is 14.9. The van der Waals surface area contributed by atoms with E-state index in [1.165, 1.54) is 0 Å². The molecule has 25 heavy (non-hydrogen) atoms. The van der Waals surface area contributed by atoms with Gasteiger partial charge >= 0.3 is 0 Å². The lowest BCUT2D eigenvalue weighted by atomic mass is 9.68. The van der Waals surface area contributed by atoms with Crippen molar-refractivity contribution in [2.45, 2.75) is 13.3 Å². The largest absolute Gasteiger partial charge is 0.497 e. The molecular formula is C21H18N2O2. The fraction of sp³-hybridized carbons (Fsp3) is 0.238. The van der Waals surface area contributed by atoms with Gasteiger partial charge in [0.05, 0.1) is 26.4 Å². The van der Waals surface area contributed by atoms with Crippen molar-refractivity contribution in [3.63, 3.8) is 0 Å². The van der Waals surface area contributed by atoms with E-state index in [9.17, 15) is 10.5 Å². The van der Waals surface area contributed by atoms with Crippen LogP contribution in [-0.4, -0.2) is 14.2 Å². The Labute approximate surface area is 147 Å². The molecule has 0 heterocycles. The lowest BCUT2D eigenvalue weighted by Crippen LogP contribution is -2.27. The third-order valence-corrected chi connectivity index (χ3v) is 4.81. The van der Waals surface area contributed by atoms with Gasteiger partial charge in [-0.3, -0.25) is 0 Å². The molecule has 0 saturated heterocycles. The molecule has 2 aromatic rings. The van der Waals surface area contributed by atoms with Crippen LogP contribution in [0.15, 0.2) is 48.0 Å². The first-order valence-electron chi connectivity index (χ1n) is 7.94. The van der Waals surface area contributed by atoms with Crippen molar-refractivity contribution in [3.05, 3.63) is 64.7 Å². The molecule has 1 aliphatic carbocycles. The minimum absolute atomic E-state index is 0.359. The van der Waals surface area contributed by atoms with Crippen LogP contribution in [0.1, 0.15) is 23.6 Å². The molecule has 0 N–H and O–H groups in total. The zero-order valence-electron chi connectivity index (χ0n) is 14.5. The molecule has 0 radical (unpaired) electrons. The fourth-order valence-corrected chi connectivity index (χ4v) is 3.32. The van der Waals surface area contributed by atoms with Crippen LogP contribution < -0.4 is 9.47 Å². The number of methoxy groups -OCH3 is 2. The maximum absolute atomic E-state index is 9.75. The Morgan fingerprint density at radius 3 is 2.08 bits per heavy atom. The lowest BCUT2D eigenvalue weighted by molar-refractivity contribution is 0.413. The third kappa shape index (κ3) is 2.62. The monoisotopic (exact) mass is 330 g/mol. The highest BCUT2D eigenvalue weighted by molar-refractivity contribution is 5.87. The smallest absolute Gasteiger partial charge is 0.169 e. The predicted octanol–water partition coefficient (Wildman–Crippen LogP) is 4.12. The highest BCUT2D eigenvalue weighted by Gasteiger charge is 2.39. The van der Waals surface area contributed by atoms with E-state index in [0.29, 0.717) is 6.42 Å². The second-order valence-corrected chi connectivity index (χ2v) is 6.06. The summed E-state index contributed by atoms with van der Waals surface area (Å²) >= 11 is 0. The summed E-state index contributed by atoms with van der Waals surface area (Å²) in [5, 5.41) is 19.5. The summed E-state index contributed by atoms with van der Waals surface area (Å²) in [5.74, 6) is 1.48. The zero-order valence-corrected chi connectivity index (χ0v) is 14.5. The maximum Gasteiger partial charge on any atom is 0.169 e. The number of rotatable bonds is 3. The molecule has 2 aromatic carbocycles. The van der Waals surface area contributed by atoms with Gasteiger partial charge in [0.1, 0.15) is 11.5 Å². The predicted molar refractivity (Wildman–Crippen MR) is 95.0 cm³/mol. The van der Waals surface area contributed by atoms with Gasteiger partial charge in [-0.2, -0.15) is 10.5 Å². The Kier molecular flexibility index (Phi) is 4.21. The van der Waals surface area contributed by atoms with Gasteiger partial charge in [-0.25, -0.2) is 0 Å². The van der Waals surface area contributed by atoms with Crippen LogP contribution in [0.2, 0.25) is 0 Å². The van der Waals surface area contributed by atoms with Crippen LogP contribution in [0, 0.1) is 28.1 Å². The Bertz CT molecular complexity index is 914. The Hall–Kier alpha value is -3.24. The number of nitrogens with zero attached hydrogens (tertiary/aromatic N) is 2. The van der Waals surface area contributed by atoms with Gasteiger partial charge in [0.25, 0.3) is 0 Å². The van der Waals surface area contributed by atoms with E-state index < -0.39 is 5.41 Å². The lowest BCUT2D eigenvalue weighted by Gasteiger charge is -2.31. The standard InChI is InChI=1S/C21H18N2O2/c1-14-20(15-4-6-17(24-2)7-5-15)19-9-8-18(25-3)10-16(19)11-21(14,12-22)13-23/h4-10H,11H2,1-3H3. The van der Waals surface area contributed by atoms with Crippen LogP contribution in [0.5, 0.6) is 11.5 Å². The van der Waals surface area contributed by atoms with Crippen molar-refractivity contribution < 1.29 is 9.47 Å². The quantitative estimate of drug-likeness (QED) is 0.849. The zero-order chi connectivity index (χ0) is 18.0. The van der Waals surface area contributed by atoms with Crippen molar-refractivity contribution >= 4 is 5.57 Å². The number of hydrogen-bond acceptors (Lipinski definition) is 4. The molecule has 0 aliphatic heterocycles. The summed E-state index contributed by atoms with van der Waals surface area (Å²) in [4.78, 5) is 0. The van der Waals surface area contributed by atoms with Gasteiger partial charge in [-0.1, -0.05) is 18.2 Å². The molecule has 0 spiro atoms. The van der Waals surface area contributed by atoms with Crippen molar-refractivity contribution in [1.82, 2.24) is 0 Å². The van der Waals surface area contributed by atoms with Crippen LogP contribution in [0.3, 0.4) is 0 Å². The molecular weight excluding hydrogens is 312 g/mol. The number of fused-ring (bicyclic) bond motifs is 1. The highest BCUT2D eigenvalue weighted by Crippen LogP contribution is 2.45. The van der Waals surface area contributed by atoms with Crippen molar-refractivity contribution in [3.8, 4) is 23.6 Å². The van der Waals surface area contributed by atoms with Gasteiger partial charge < -0.3 is 9.47 Å². The summed E-state index contributed by atoms with van der Waals surface area (Å²) in [5.41, 5.74) is 3.46. The van der Waals surface area contributed by atoms with Crippen molar-refractivity contribution in [1.29, 1.82) is 10.5 Å². The fourth-order valence-electron chi connectivity index (χ4n) is 3.32. The van der Waals surface area contributed by atoms with Crippen LogP contribution in [0.4, 0.5) is 0 Å². The SMILES string of the molecule is COc1ccc(C2=C(C)C(C#N)(C#N)Cc3cc(OC)ccc32)cc1. The first-order valence-corrected chi connectivity index (χ1v) is 7.94. The Balaban J connectivity index is 2.28. The van der Waals surface area contributed by atoms with Gasteiger partial charge in [0.2, 0.25) is 0 Å². The van der Waals surface area contributed by atoms with E-state index in [1.807, 2.05) is 49.4 Å². The highest BCUT2D eigenvalue weighted by atomic mass is 16.5. The van der Waals surface area contributed by atoms with E-state index in [4.69, 9.17) is 9.47 Å². The van der Waals surface area contributed by atoms with Crippen LogP contribution >= 0.6 is 0 Å². The molecule has 4 nitrogen and oxygen atoms in total. The molecule has 124 valence electrons. The van der Waals surface area contributed by atoms with E-state index in [0.717, 1.165) is 39.3 Å². The Morgan fingerprint density at radius 1 is 0.920 bits per heavy atom. The molecule has 0 saturated carbocycles. The van der Waals surface area contributed by atoms with E-state index in [2.05, 4.69) is 12.1 Å². The average molecular weight is 330 g/mol. The van der Waals surface area contributed by atoms with Crippen LogP contribution in [-0.2, 0) is 6.42 Å².